The monoisotopic (exact) mass is 241 g/mol. The molecule has 90 valence electrons. The van der Waals surface area contributed by atoms with Crippen molar-refractivity contribution in [3.05, 3.63) is 36.7 Å². The molecule has 3 rings (SSSR count). The largest absolute Gasteiger partial charge is 0.479 e. The molecule has 0 amide bonds. The van der Waals surface area contributed by atoms with E-state index in [-0.39, 0.29) is 0 Å². The third-order valence-corrected chi connectivity index (χ3v) is 2.64. The van der Waals surface area contributed by atoms with Crippen molar-refractivity contribution in [2.24, 2.45) is 0 Å². The van der Waals surface area contributed by atoms with E-state index in [2.05, 4.69) is 15.0 Å². The van der Waals surface area contributed by atoms with E-state index in [1.165, 1.54) is 6.33 Å². The molecule has 0 atom stereocenters. The highest BCUT2D eigenvalue weighted by atomic mass is 16.5. The Morgan fingerprint density at radius 2 is 1.94 bits per heavy atom. The van der Waals surface area contributed by atoms with Crippen LogP contribution in [0.4, 0.5) is 5.95 Å². The zero-order valence-corrected chi connectivity index (χ0v) is 9.74. The third kappa shape index (κ3) is 1.46. The number of para-hydroxylation sites is 1. The van der Waals surface area contributed by atoms with Gasteiger partial charge in [0, 0.05) is 0 Å². The number of rotatable bonds is 2. The average molecular weight is 241 g/mol. The minimum atomic E-state index is 0.356. The van der Waals surface area contributed by atoms with Gasteiger partial charge in [-0.1, -0.05) is 18.2 Å². The molecule has 0 saturated heterocycles. The number of nitrogen functional groups attached to an aromatic ring is 1. The highest BCUT2D eigenvalue weighted by molar-refractivity contribution is 5.81. The van der Waals surface area contributed by atoms with E-state index in [1.54, 1.807) is 11.7 Å². The van der Waals surface area contributed by atoms with Gasteiger partial charge in [0.25, 0.3) is 0 Å². The SMILES string of the molecule is COc1ncnc2c1nc(N)n2-c1ccccc1. The van der Waals surface area contributed by atoms with Crippen LogP contribution >= 0.6 is 0 Å². The summed E-state index contributed by atoms with van der Waals surface area (Å²) in [4.78, 5) is 12.5. The number of hydrogen-bond acceptors (Lipinski definition) is 5. The number of methoxy groups -OCH3 is 1. The number of nitrogens with two attached hydrogens (primary N) is 1. The molecule has 0 saturated carbocycles. The average Bonchev–Trinajstić information content (AvgIpc) is 2.75. The van der Waals surface area contributed by atoms with Gasteiger partial charge in [-0.25, -0.2) is 9.97 Å². The molecular formula is C12H11N5O. The van der Waals surface area contributed by atoms with Gasteiger partial charge in [-0.3, -0.25) is 4.57 Å². The van der Waals surface area contributed by atoms with Gasteiger partial charge < -0.3 is 10.5 Å². The number of fused-ring (bicyclic) bond motifs is 1. The highest BCUT2D eigenvalue weighted by Crippen LogP contribution is 2.25. The van der Waals surface area contributed by atoms with E-state index >= 15 is 0 Å². The van der Waals surface area contributed by atoms with Crippen molar-refractivity contribution in [1.82, 2.24) is 19.5 Å². The second kappa shape index (κ2) is 3.99. The van der Waals surface area contributed by atoms with Gasteiger partial charge in [0.15, 0.2) is 11.2 Å². The van der Waals surface area contributed by atoms with Crippen LogP contribution in [0.2, 0.25) is 0 Å². The van der Waals surface area contributed by atoms with Crippen LogP contribution in [-0.2, 0) is 0 Å². The summed E-state index contributed by atoms with van der Waals surface area (Å²) >= 11 is 0. The van der Waals surface area contributed by atoms with Crippen molar-refractivity contribution in [3.63, 3.8) is 0 Å². The van der Waals surface area contributed by atoms with Crippen molar-refractivity contribution < 1.29 is 4.74 Å². The minimum Gasteiger partial charge on any atom is -0.479 e. The molecule has 0 aliphatic heterocycles. The van der Waals surface area contributed by atoms with Crippen LogP contribution in [0.25, 0.3) is 16.9 Å². The van der Waals surface area contributed by atoms with Gasteiger partial charge in [-0.15, -0.1) is 0 Å². The van der Waals surface area contributed by atoms with Crippen molar-refractivity contribution in [2.75, 3.05) is 12.8 Å². The summed E-state index contributed by atoms with van der Waals surface area (Å²) in [6.45, 7) is 0. The van der Waals surface area contributed by atoms with Crippen LogP contribution < -0.4 is 10.5 Å². The second-order valence-corrected chi connectivity index (χ2v) is 3.70. The van der Waals surface area contributed by atoms with Crippen LogP contribution in [0.1, 0.15) is 0 Å². The molecule has 2 aromatic heterocycles. The number of hydrogen-bond donors (Lipinski definition) is 1. The zero-order chi connectivity index (χ0) is 12.5. The second-order valence-electron chi connectivity index (χ2n) is 3.70. The number of aromatic nitrogens is 4. The molecule has 0 spiro atoms. The maximum absolute atomic E-state index is 5.94. The number of benzene rings is 1. The number of ether oxygens (including phenoxy) is 1. The molecular weight excluding hydrogens is 230 g/mol. The Balaban J connectivity index is 2.34. The molecule has 0 unspecified atom stereocenters. The molecule has 3 aromatic rings. The Morgan fingerprint density at radius 1 is 1.17 bits per heavy atom. The summed E-state index contributed by atoms with van der Waals surface area (Å²) in [7, 11) is 1.54. The topological polar surface area (TPSA) is 78.8 Å². The van der Waals surface area contributed by atoms with E-state index in [0.717, 1.165) is 5.69 Å². The molecule has 0 aliphatic rings. The normalized spacial score (nSPS) is 10.7. The van der Waals surface area contributed by atoms with Crippen LogP contribution in [-0.4, -0.2) is 26.6 Å². The number of anilines is 1. The van der Waals surface area contributed by atoms with E-state index in [9.17, 15) is 0 Å². The highest BCUT2D eigenvalue weighted by Gasteiger charge is 2.15. The van der Waals surface area contributed by atoms with Gasteiger partial charge in [0.1, 0.15) is 6.33 Å². The number of nitrogens with zero attached hydrogens (tertiary/aromatic N) is 4. The molecule has 6 heteroatoms. The Labute approximate surface area is 103 Å². The Kier molecular flexibility index (Phi) is 2.33. The summed E-state index contributed by atoms with van der Waals surface area (Å²) < 4.78 is 6.91. The fourth-order valence-corrected chi connectivity index (χ4v) is 1.87. The fourth-order valence-electron chi connectivity index (χ4n) is 1.87. The van der Waals surface area contributed by atoms with Crippen molar-refractivity contribution in [3.8, 4) is 11.6 Å². The van der Waals surface area contributed by atoms with Gasteiger partial charge in [-0.05, 0) is 12.1 Å². The van der Waals surface area contributed by atoms with E-state index in [0.29, 0.717) is 23.0 Å². The molecule has 2 N–H and O–H groups in total. The van der Waals surface area contributed by atoms with Crippen molar-refractivity contribution >= 4 is 17.1 Å². The smallest absolute Gasteiger partial charge is 0.245 e. The van der Waals surface area contributed by atoms with Crippen LogP contribution in [0.5, 0.6) is 5.88 Å². The first-order valence-electron chi connectivity index (χ1n) is 5.39. The van der Waals surface area contributed by atoms with E-state index in [4.69, 9.17) is 10.5 Å². The quantitative estimate of drug-likeness (QED) is 0.733. The molecule has 1 aromatic carbocycles. The number of imidazole rings is 1. The van der Waals surface area contributed by atoms with Gasteiger partial charge >= 0.3 is 0 Å². The molecule has 0 aliphatic carbocycles. The first kappa shape index (κ1) is 10.5. The summed E-state index contributed by atoms with van der Waals surface area (Å²) in [5, 5.41) is 0. The van der Waals surface area contributed by atoms with E-state index < -0.39 is 0 Å². The van der Waals surface area contributed by atoms with Crippen LogP contribution in [0.3, 0.4) is 0 Å². The summed E-state index contributed by atoms with van der Waals surface area (Å²) in [6, 6.07) is 9.67. The third-order valence-electron chi connectivity index (χ3n) is 2.64. The molecule has 18 heavy (non-hydrogen) atoms. The first-order valence-corrected chi connectivity index (χ1v) is 5.39. The van der Waals surface area contributed by atoms with Crippen molar-refractivity contribution in [1.29, 1.82) is 0 Å². The Hall–Kier alpha value is -2.63. The molecule has 0 fully saturated rings. The van der Waals surface area contributed by atoms with E-state index in [1.807, 2.05) is 30.3 Å². The standard InChI is InChI=1S/C12H11N5O/c1-18-11-9-10(14-7-15-11)17(12(13)16-9)8-5-3-2-4-6-8/h2-7H,1H3,(H2,13,16). The lowest BCUT2D eigenvalue weighted by atomic mass is 10.3. The zero-order valence-electron chi connectivity index (χ0n) is 9.74. The van der Waals surface area contributed by atoms with Crippen molar-refractivity contribution in [2.45, 2.75) is 0 Å². The van der Waals surface area contributed by atoms with Crippen LogP contribution in [0, 0.1) is 0 Å². The molecule has 6 nitrogen and oxygen atoms in total. The van der Waals surface area contributed by atoms with Gasteiger partial charge in [-0.2, -0.15) is 4.98 Å². The maximum Gasteiger partial charge on any atom is 0.245 e. The lowest BCUT2D eigenvalue weighted by molar-refractivity contribution is 0.401. The van der Waals surface area contributed by atoms with Crippen LogP contribution in [0.15, 0.2) is 36.7 Å². The van der Waals surface area contributed by atoms with Gasteiger partial charge in [0.2, 0.25) is 11.8 Å². The summed E-state index contributed by atoms with van der Waals surface area (Å²) in [5.74, 6) is 0.774. The molecule has 0 bridgehead atoms. The molecule has 2 heterocycles. The first-order chi connectivity index (χ1) is 8.81. The lowest BCUT2D eigenvalue weighted by Crippen LogP contribution is -2.01. The fraction of sp³-hybridized carbons (Fsp3) is 0.0833. The Morgan fingerprint density at radius 3 is 2.67 bits per heavy atom. The Bertz CT molecular complexity index is 692. The summed E-state index contributed by atoms with van der Waals surface area (Å²) in [6.07, 6.45) is 1.43. The van der Waals surface area contributed by atoms with Gasteiger partial charge in [0.05, 0.1) is 12.8 Å². The summed E-state index contributed by atoms with van der Waals surface area (Å²) in [5.41, 5.74) is 8.03. The predicted molar refractivity (Wildman–Crippen MR) is 67.6 cm³/mol. The lowest BCUT2D eigenvalue weighted by Gasteiger charge is -2.05. The predicted octanol–water partition coefficient (Wildman–Crippen LogP) is 1.41. The molecule has 0 radical (unpaired) electrons. The minimum absolute atomic E-state index is 0.356. The maximum atomic E-state index is 5.94.